The van der Waals surface area contributed by atoms with Crippen molar-refractivity contribution in [1.82, 2.24) is 9.13 Å². The van der Waals surface area contributed by atoms with Gasteiger partial charge in [-0.15, -0.1) is 0 Å². The highest BCUT2D eigenvalue weighted by molar-refractivity contribution is 5.79. The second kappa shape index (κ2) is 4.09. The average Bonchev–Trinajstić information content (AvgIpc) is 2.18. The molecular weight excluding hydrogens is 200 g/mol. The smallest absolute Gasteiger partial charge is 0.316 e. The summed E-state index contributed by atoms with van der Waals surface area (Å²) in [4.78, 5) is 33.2. The van der Waals surface area contributed by atoms with Gasteiger partial charge >= 0.3 is 11.1 Å². The molecule has 0 fully saturated rings. The number of carbonyl (C=O) groups is 1. The van der Waals surface area contributed by atoms with Crippen LogP contribution in [0.5, 0.6) is 0 Å². The second-order valence-corrected chi connectivity index (χ2v) is 3.18. The molecule has 7 nitrogen and oxygen atoms in total. The fraction of sp³-hybridized carbons (Fsp3) is 0.375. The highest BCUT2D eigenvalue weighted by Crippen LogP contribution is 1.83. The zero-order valence-electron chi connectivity index (χ0n) is 8.21. The molecule has 1 heterocycles. The van der Waals surface area contributed by atoms with Gasteiger partial charge in [0.05, 0.1) is 6.54 Å². The van der Waals surface area contributed by atoms with Crippen molar-refractivity contribution in [2.45, 2.75) is 12.6 Å². The minimum atomic E-state index is -0.977. The second-order valence-electron chi connectivity index (χ2n) is 3.18. The van der Waals surface area contributed by atoms with Gasteiger partial charge in [-0.1, -0.05) is 0 Å². The number of hydrogen-bond acceptors (Lipinski definition) is 4. The van der Waals surface area contributed by atoms with Gasteiger partial charge < -0.3 is 20.6 Å². The van der Waals surface area contributed by atoms with E-state index in [9.17, 15) is 14.4 Å². The molecule has 0 saturated heterocycles. The lowest BCUT2D eigenvalue weighted by molar-refractivity contribution is -0.119. The number of amides is 1. The normalized spacial score (nSPS) is 12.4. The Morgan fingerprint density at radius 3 is 2.53 bits per heavy atom. The summed E-state index contributed by atoms with van der Waals surface area (Å²) in [6, 6.07) is -0.977. The van der Waals surface area contributed by atoms with Crippen molar-refractivity contribution in [3.8, 4) is 0 Å². The summed E-state index contributed by atoms with van der Waals surface area (Å²) in [5, 5.41) is 0. The third kappa shape index (κ3) is 2.32. The topological polar surface area (TPSA) is 113 Å². The molecule has 0 radical (unpaired) electrons. The van der Waals surface area contributed by atoms with Gasteiger partial charge in [0.2, 0.25) is 5.91 Å². The summed E-state index contributed by atoms with van der Waals surface area (Å²) in [6.07, 6.45) is 2.80. The molecular formula is C8H12N4O3. The molecule has 4 N–H and O–H groups in total. The van der Waals surface area contributed by atoms with Crippen LogP contribution in [0, 0.1) is 0 Å². The number of hydrogen-bond donors (Lipinski definition) is 2. The number of nitrogens with zero attached hydrogens (tertiary/aromatic N) is 2. The predicted molar refractivity (Wildman–Crippen MR) is 53.1 cm³/mol. The Hall–Kier alpha value is -1.89. The van der Waals surface area contributed by atoms with Crippen LogP contribution in [0.3, 0.4) is 0 Å². The zero-order valence-corrected chi connectivity index (χ0v) is 8.21. The van der Waals surface area contributed by atoms with Gasteiger partial charge in [-0.25, -0.2) is 0 Å². The maximum absolute atomic E-state index is 11.4. The first-order valence-electron chi connectivity index (χ1n) is 4.24. The molecule has 7 heteroatoms. The van der Waals surface area contributed by atoms with E-state index in [-0.39, 0.29) is 6.54 Å². The monoisotopic (exact) mass is 212 g/mol. The summed E-state index contributed by atoms with van der Waals surface area (Å²) >= 11 is 0. The SMILES string of the molecule is Cn1ccn(CC(N)C(N)=O)c(=O)c1=O. The number of carbonyl (C=O) groups excluding carboxylic acids is 1. The lowest BCUT2D eigenvalue weighted by Gasteiger charge is -2.09. The van der Waals surface area contributed by atoms with E-state index in [1.165, 1.54) is 19.4 Å². The van der Waals surface area contributed by atoms with Gasteiger partial charge in [-0.2, -0.15) is 0 Å². The van der Waals surface area contributed by atoms with Crippen molar-refractivity contribution in [2.75, 3.05) is 0 Å². The lowest BCUT2D eigenvalue weighted by Crippen LogP contribution is -2.46. The number of rotatable bonds is 3. The van der Waals surface area contributed by atoms with Crippen LogP contribution in [-0.2, 0) is 18.4 Å². The molecule has 0 aliphatic carbocycles. The fourth-order valence-electron chi connectivity index (χ4n) is 1.04. The van der Waals surface area contributed by atoms with Crippen molar-refractivity contribution in [3.63, 3.8) is 0 Å². The molecule has 1 aromatic heterocycles. The van der Waals surface area contributed by atoms with Crippen LogP contribution < -0.4 is 22.6 Å². The van der Waals surface area contributed by atoms with E-state index in [0.717, 1.165) is 9.13 Å². The standard InChI is InChI=1S/C8H12N4O3/c1-11-2-3-12(8(15)7(11)14)4-5(9)6(10)13/h2-3,5H,4,9H2,1H3,(H2,10,13). The van der Waals surface area contributed by atoms with E-state index < -0.39 is 23.1 Å². The molecule has 1 aromatic rings. The first kappa shape index (κ1) is 11.2. The minimum Gasteiger partial charge on any atom is -0.368 e. The van der Waals surface area contributed by atoms with Crippen molar-refractivity contribution in [2.24, 2.45) is 18.5 Å². The Bertz CT molecular complexity index is 487. The van der Waals surface area contributed by atoms with Crippen molar-refractivity contribution < 1.29 is 4.79 Å². The maximum Gasteiger partial charge on any atom is 0.316 e. The first-order valence-corrected chi connectivity index (χ1v) is 4.24. The van der Waals surface area contributed by atoms with Gasteiger partial charge in [-0.3, -0.25) is 14.4 Å². The highest BCUT2D eigenvalue weighted by Gasteiger charge is 2.11. The van der Waals surface area contributed by atoms with E-state index in [1.807, 2.05) is 0 Å². The van der Waals surface area contributed by atoms with E-state index in [2.05, 4.69) is 0 Å². The van der Waals surface area contributed by atoms with E-state index >= 15 is 0 Å². The fourth-order valence-corrected chi connectivity index (χ4v) is 1.04. The molecule has 0 aliphatic rings. The van der Waals surface area contributed by atoms with Crippen LogP contribution in [0.1, 0.15) is 0 Å². The molecule has 1 atom stereocenters. The van der Waals surface area contributed by atoms with Crippen LogP contribution in [0.25, 0.3) is 0 Å². The molecule has 1 rings (SSSR count). The summed E-state index contributed by atoms with van der Waals surface area (Å²) < 4.78 is 2.21. The van der Waals surface area contributed by atoms with Gasteiger partial charge in [-0.05, 0) is 0 Å². The van der Waals surface area contributed by atoms with Crippen LogP contribution in [0.2, 0.25) is 0 Å². The Labute approximate surface area is 84.9 Å². The summed E-state index contributed by atoms with van der Waals surface area (Å²) in [5.41, 5.74) is 8.90. The Morgan fingerprint density at radius 1 is 1.40 bits per heavy atom. The van der Waals surface area contributed by atoms with Crippen molar-refractivity contribution in [1.29, 1.82) is 0 Å². The van der Waals surface area contributed by atoms with E-state index in [0.29, 0.717) is 0 Å². The van der Waals surface area contributed by atoms with Crippen LogP contribution in [0.15, 0.2) is 22.0 Å². The third-order valence-electron chi connectivity index (χ3n) is 1.99. The van der Waals surface area contributed by atoms with Gasteiger partial charge in [0.25, 0.3) is 0 Å². The first-order chi connectivity index (χ1) is 6.93. The molecule has 0 bridgehead atoms. The molecule has 0 spiro atoms. The largest absolute Gasteiger partial charge is 0.368 e. The molecule has 15 heavy (non-hydrogen) atoms. The van der Waals surface area contributed by atoms with E-state index in [4.69, 9.17) is 11.5 Å². The number of nitrogens with two attached hydrogens (primary N) is 2. The zero-order chi connectivity index (χ0) is 11.6. The molecule has 1 unspecified atom stereocenters. The van der Waals surface area contributed by atoms with Crippen molar-refractivity contribution >= 4 is 5.91 Å². The Morgan fingerprint density at radius 2 is 2.00 bits per heavy atom. The Balaban J connectivity index is 3.08. The molecule has 1 amide bonds. The summed E-state index contributed by atoms with van der Waals surface area (Å²) in [5.74, 6) is -0.720. The number of primary amides is 1. The quantitative estimate of drug-likeness (QED) is 0.533. The number of aryl methyl sites for hydroxylation is 1. The van der Waals surface area contributed by atoms with Gasteiger partial charge in [0.1, 0.15) is 6.04 Å². The van der Waals surface area contributed by atoms with Crippen LogP contribution in [0.4, 0.5) is 0 Å². The molecule has 0 aromatic carbocycles. The Kier molecular flexibility index (Phi) is 3.05. The predicted octanol–water partition coefficient (Wildman–Crippen LogP) is -2.64. The maximum atomic E-state index is 11.4. The minimum absolute atomic E-state index is 0.0930. The van der Waals surface area contributed by atoms with Gasteiger partial charge in [0.15, 0.2) is 0 Å². The highest BCUT2D eigenvalue weighted by atomic mass is 16.2. The number of aromatic nitrogens is 2. The van der Waals surface area contributed by atoms with Crippen LogP contribution >= 0.6 is 0 Å². The molecule has 82 valence electrons. The lowest BCUT2D eigenvalue weighted by atomic mass is 10.3. The third-order valence-corrected chi connectivity index (χ3v) is 1.99. The molecule has 0 saturated carbocycles. The average molecular weight is 212 g/mol. The van der Waals surface area contributed by atoms with Crippen molar-refractivity contribution in [3.05, 3.63) is 33.1 Å². The summed E-state index contributed by atoms with van der Waals surface area (Å²) in [6.45, 7) is -0.0930. The molecule has 0 aliphatic heterocycles. The van der Waals surface area contributed by atoms with E-state index in [1.54, 1.807) is 0 Å². The van der Waals surface area contributed by atoms with Crippen LogP contribution in [-0.4, -0.2) is 21.1 Å². The summed E-state index contributed by atoms with van der Waals surface area (Å²) in [7, 11) is 1.46. The van der Waals surface area contributed by atoms with Gasteiger partial charge in [0, 0.05) is 19.4 Å².